The quantitative estimate of drug-likeness (QED) is 0.860. The number of esters is 1. The summed E-state index contributed by atoms with van der Waals surface area (Å²) in [6, 6.07) is 9.28. The number of allylic oxidation sites excluding steroid dienone is 1. The van der Waals surface area contributed by atoms with Crippen molar-refractivity contribution in [3.63, 3.8) is 0 Å². The standard InChI is InChI=1S/C16H15NO4S2/c1-21-16(18)15-14(8-9-22-15)17-23(19,20)13-7-6-11-4-2-3-5-12(11)10-13/h2-5,8-10,17H,6-7H2,1H3. The Kier molecular flexibility index (Phi) is 4.23. The Balaban J connectivity index is 1.91. The summed E-state index contributed by atoms with van der Waals surface area (Å²) >= 11 is 1.14. The minimum absolute atomic E-state index is 0.243. The van der Waals surface area contributed by atoms with Gasteiger partial charge in [0.25, 0.3) is 10.0 Å². The number of benzene rings is 1. The van der Waals surface area contributed by atoms with Crippen LogP contribution in [0.5, 0.6) is 0 Å². The first kappa shape index (κ1) is 15.8. The van der Waals surface area contributed by atoms with Crippen LogP contribution < -0.4 is 4.72 Å². The van der Waals surface area contributed by atoms with Crippen molar-refractivity contribution in [2.24, 2.45) is 0 Å². The maximum atomic E-state index is 12.6. The highest BCUT2D eigenvalue weighted by molar-refractivity contribution is 7.96. The summed E-state index contributed by atoms with van der Waals surface area (Å²) in [5.74, 6) is -0.555. The first-order valence-electron chi connectivity index (χ1n) is 6.98. The molecule has 1 aromatic carbocycles. The zero-order chi connectivity index (χ0) is 16.4. The van der Waals surface area contributed by atoms with E-state index in [0.717, 1.165) is 22.5 Å². The number of hydrogen-bond donors (Lipinski definition) is 1. The number of fused-ring (bicyclic) bond motifs is 1. The van der Waals surface area contributed by atoms with Crippen LogP contribution in [-0.2, 0) is 21.2 Å². The second kappa shape index (κ2) is 6.17. The van der Waals surface area contributed by atoms with Gasteiger partial charge < -0.3 is 4.74 Å². The Morgan fingerprint density at radius 3 is 2.78 bits per heavy atom. The highest BCUT2D eigenvalue weighted by atomic mass is 32.2. The van der Waals surface area contributed by atoms with Crippen molar-refractivity contribution in [2.75, 3.05) is 11.8 Å². The molecule has 1 aliphatic carbocycles. The average Bonchev–Trinajstić information content (AvgIpc) is 3.01. The molecule has 1 aliphatic rings. The van der Waals surface area contributed by atoms with Crippen molar-refractivity contribution in [3.05, 3.63) is 56.6 Å². The van der Waals surface area contributed by atoms with Crippen LogP contribution in [0.25, 0.3) is 6.08 Å². The number of nitrogens with one attached hydrogen (secondary N) is 1. The lowest BCUT2D eigenvalue weighted by Gasteiger charge is -2.17. The minimum Gasteiger partial charge on any atom is -0.465 e. The number of anilines is 1. The molecule has 0 unspecified atom stereocenters. The molecular formula is C16H15NO4S2. The maximum absolute atomic E-state index is 12.6. The Morgan fingerprint density at radius 1 is 1.22 bits per heavy atom. The van der Waals surface area contributed by atoms with E-state index in [2.05, 4.69) is 9.46 Å². The highest BCUT2D eigenvalue weighted by Gasteiger charge is 2.24. The molecule has 0 spiro atoms. The van der Waals surface area contributed by atoms with Gasteiger partial charge in [-0.25, -0.2) is 13.2 Å². The Hall–Kier alpha value is -2.12. The normalized spacial score (nSPS) is 13.9. The summed E-state index contributed by atoms with van der Waals surface area (Å²) in [5.41, 5.74) is 2.30. The van der Waals surface area contributed by atoms with Crippen molar-refractivity contribution in [2.45, 2.75) is 12.8 Å². The van der Waals surface area contributed by atoms with Crippen molar-refractivity contribution < 1.29 is 17.9 Å². The molecule has 0 saturated heterocycles. The molecular weight excluding hydrogens is 334 g/mol. The van der Waals surface area contributed by atoms with Gasteiger partial charge in [-0.1, -0.05) is 24.3 Å². The number of carbonyl (C=O) groups is 1. The van der Waals surface area contributed by atoms with Gasteiger partial charge in [0.15, 0.2) is 0 Å². The predicted octanol–water partition coefficient (Wildman–Crippen LogP) is 3.26. The summed E-state index contributed by atoms with van der Waals surface area (Å²) in [6.45, 7) is 0. The smallest absolute Gasteiger partial charge is 0.350 e. The lowest BCUT2D eigenvalue weighted by atomic mass is 9.98. The van der Waals surface area contributed by atoms with E-state index in [-0.39, 0.29) is 10.6 Å². The van der Waals surface area contributed by atoms with Crippen LogP contribution in [0.15, 0.2) is 40.6 Å². The van der Waals surface area contributed by atoms with Gasteiger partial charge in [0.2, 0.25) is 0 Å². The molecule has 1 aromatic heterocycles. The van der Waals surface area contributed by atoms with Gasteiger partial charge in [-0.3, -0.25) is 4.72 Å². The second-order valence-electron chi connectivity index (χ2n) is 5.07. The second-order valence-corrected chi connectivity index (χ2v) is 7.72. The molecule has 0 radical (unpaired) electrons. The molecule has 120 valence electrons. The van der Waals surface area contributed by atoms with Crippen LogP contribution in [0.1, 0.15) is 27.2 Å². The molecule has 3 rings (SSSR count). The van der Waals surface area contributed by atoms with E-state index in [4.69, 9.17) is 0 Å². The number of ether oxygens (including phenoxy) is 1. The molecule has 2 aromatic rings. The first-order valence-corrected chi connectivity index (χ1v) is 9.34. The van der Waals surface area contributed by atoms with Gasteiger partial charge in [-0.2, -0.15) is 0 Å². The fourth-order valence-corrected chi connectivity index (χ4v) is 4.54. The summed E-state index contributed by atoms with van der Waals surface area (Å²) in [4.78, 5) is 12.2. The topological polar surface area (TPSA) is 72.5 Å². The van der Waals surface area contributed by atoms with E-state index in [1.165, 1.54) is 7.11 Å². The highest BCUT2D eigenvalue weighted by Crippen LogP contribution is 2.30. The van der Waals surface area contributed by atoms with Crippen LogP contribution in [-0.4, -0.2) is 21.5 Å². The number of methoxy groups -OCH3 is 1. The van der Waals surface area contributed by atoms with Gasteiger partial charge in [0, 0.05) is 0 Å². The lowest BCUT2D eigenvalue weighted by Crippen LogP contribution is -2.18. The maximum Gasteiger partial charge on any atom is 0.350 e. The molecule has 0 aliphatic heterocycles. The van der Waals surface area contributed by atoms with Crippen LogP contribution in [0.4, 0.5) is 5.69 Å². The molecule has 1 N–H and O–H groups in total. The third-order valence-electron chi connectivity index (χ3n) is 3.64. The Labute approximate surface area is 138 Å². The van der Waals surface area contributed by atoms with E-state index in [9.17, 15) is 13.2 Å². The van der Waals surface area contributed by atoms with Gasteiger partial charge in [0.1, 0.15) is 4.88 Å². The zero-order valence-electron chi connectivity index (χ0n) is 12.4. The summed E-state index contributed by atoms with van der Waals surface area (Å²) in [7, 11) is -2.44. The Bertz CT molecular complexity index is 881. The van der Waals surface area contributed by atoms with E-state index < -0.39 is 16.0 Å². The molecule has 0 atom stereocenters. The fourth-order valence-electron chi connectivity index (χ4n) is 2.47. The first-order chi connectivity index (χ1) is 11.0. The van der Waals surface area contributed by atoms with Gasteiger partial charge >= 0.3 is 5.97 Å². The average molecular weight is 349 g/mol. The van der Waals surface area contributed by atoms with Crippen LogP contribution in [0, 0.1) is 0 Å². The molecule has 0 fully saturated rings. The van der Waals surface area contributed by atoms with Gasteiger partial charge in [-0.05, 0) is 41.5 Å². The number of carbonyl (C=O) groups excluding carboxylic acids is 1. The third kappa shape index (κ3) is 3.16. The number of aryl methyl sites for hydroxylation is 1. The minimum atomic E-state index is -3.70. The molecule has 1 heterocycles. The Morgan fingerprint density at radius 2 is 2.00 bits per heavy atom. The predicted molar refractivity (Wildman–Crippen MR) is 90.9 cm³/mol. The molecule has 5 nitrogen and oxygen atoms in total. The SMILES string of the molecule is COC(=O)c1sccc1NS(=O)(=O)C1=Cc2ccccc2CC1. The largest absolute Gasteiger partial charge is 0.465 e. The number of hydrogen-bond acceptors (Lipinski definition) is 5. The molecule has 23 heavy (non-hydrogen) atoms. The summed E-state index contributed by atoms with van der Waals surface area (Å²) in [6.07, 6.45) is 2.80. The number of rotatable bonds is 4. The third-order valence-corrected chi connectivity index (χ3v) is 6.03. The lowest BCUT2D eigenvalue weighted by molar-refractivity contribution is 0.0607. The monoisotopic (exact) mass is 349 g/mol. The summed E-state index contributed by atoms with van der Waals surface area (Å²) < 4.78 is 32.4. The number of sulfonamides is 1. The van der Waals surface area contributed by atoms with Crippen molar-refractivity contribution in [1.29, 1.82) is 0 Å². The molecule has 0 bridgehead atoms. The zero-order valence-corrected chi connectivity index (χ0v) is 14.0. The van der Waals surface area contributed by atoms with Gasteiger partial charge in [0.05, 0.1) is 17.7 Å². The molecule has 0 amide bonds. The van der Waals surface area contributed by atoms with Crippen molar-refractivity contribution >= 4 is 39.1 Å². The fraction of sp³-hybridized carbons (Fsp3) is 0.188. The number of thiophene rings is 1. The molecule has 0 saturated carbocycles. The van der Waals surface area contributed by atoms with Crippen LogP contribution in [0.3, 0.4) is 0 Å². The van der Waals surface area contributed by atoms with Crippen molar-refractivity contribution in [1.82, 2.24) is 0 Å². The van der Waals surface area contributed by atoms with Crippen LogP contribution in [0.2, 0.25) is 0 Å². The van der Waals surface area contributed by atoms with Gasteiger partial charge in [-0.15, -0.1) is 11.3 Å². The van der Waals surface area contributed by atoms with E-state index in [0.29, 0.717) is 17.7 Å². The molecule has 7 heteroatoms. The van der Waals surface area contributed by atoms with E-state index in [1.54, 1.807) is 17.5 Å². The van der Waals surface area contributed by atoms with Crippen molar-refractivity contribution in [3.8, 4) is 0 Å². The summed E-state index contributed by atoms with van der Waals surface area (Å²) in [5, 5.41) is 1.65. The van der Waals surface area contributed by atoms with E-state index in [1.807, 2.05) is 24.3 Å². The van der Waals surface area contributed by atoms with Crippen LogP contribution >= 0.6 is 11.3 Å². The van der Waals surface area contributed by atoms with E-state index >= 15 is 0 Å².